The summed E-state index contributed by atoms with van der Waals surface area (Å²) in [5, 5.41) is 6.48. The Morgan fingerprint density at radius 3 is 2.25 bits per heavy atom. The van der Waals surface area contributed by atoms with Crippen LogP contribution in [0, 0.1) is 0 Å². The van der Waals surface area contributed by atoms with Crippen molar-refractivity contribution in [2.24, 2.45) is 5.73 Å². The first-order valence-electron chi connectivity index (χ1n) is 23.0. The van der Waals surface area contributed by atoms with E-state index in [0.717, 1.165) is 30.3 Å². The van der Waals surface area contributed by atoms with Crippen LogP contribution in [0.15, 0.2) is 25.2 Å². The molecule has 69 heavy (non-hydrogen) atoms. The molecule has 0 radical (unpaired) electrons. The molecule has 4 aliphatic rings. The van der Waals surface area contributed by atoms with E-state index < -0.39 is 85.7 Å². The SMILES string of the molecule is CC(C)(C)[Si](C)(C)CO[C@H]1[C@H]2OP(=O)(S)OC[C@H]3O[C@@H](n4cc5c6c(ncnc64)NCCC5)[C@H](O[Si](C)(C)C(C)(C)C)[C@@H]3OP(=O)(S)OC[C@H]1O[C@H]2n1cnc2c(COCNC(=O)CN)ncnc21. The van der Waals surface area contributed by atoms with Gasteiger partial charge in [0.25, 0.3) is 0 Å². The minimum absolute atomic E-state index is 0.0292. The van der Waals surface area contributed by atoms with E-state index in [1.165, 1.54) is 19.0 Å². The number of rotatable bonds is 12. The van der Waals surface area contributed by atoms with Crippen molar-refractivity contribution in [3.05, 3.63) is 36.4 Å². The fourth-order valence-electron chi connectivity index (χ4n) is 8.15. The van der Waals surface area contributed by atoms with Crippen LogP contribution in [-0.2, 0) is 68.4 Å². The first kappa shape index (κ1) is 52.9. The highest BCUT2D eigenvalue weighted by Gasteiger charge is 2.57. The van der Waals surface area contributed by atoms with E-state index in [1.54, 1.807) is 4.57 Å². The van der Waals surface area contributed by atoms with Crippen molar-refractivity contribution in [2.45, 2.75) is 146 Å². The molecule has 8 rings (SSSR count). The molecule has 4 N–H and O–H groups in total. The molecule has 10 atom stereocenters. The van der Waals surface area contributed by atoms with Crippen LogP contribution in [0.3, 0.4) is 0 Å². The second-order valence-electron chi connectivity index (χ2n) is 21.0. The maximum Gasteiger partial charge on any atom is 0.386 e. The van der Waals surface area contributed by atoms with Crippen molar-refractivity contribution < 1.29 is 55.4 Å². The predicted octanol–water partition coefficient (Wildman–Crippen LogP) is 6.69. The second kappa shape index (κ2) is 20.2. The summed E-state index contributed by atoms with van der Waals surface area (Å²) in [6.45, 7) is 12.4. The quantitative estimate of drug-likeness (QED) is 0.0325. The van der Waals surface area contributed by atoms with Crippen molar-refractivity contribution in [3.8, 4) is 0 Å². The molecule has 4 aromatic rings. The van der Waals surface area contributed by atoms with Gasteiger partial charge in [0.05, 0.1) is 51.8 Å². The number of aromatic nitrogens is 7. The Labute approximate surface area is 414 Å². The van der Waals surface area contributed by atoms with Crippen molar-refractivity contribution in [3.63, 3.8) is 0 Å². The van der Waals surface area contributed by atoms with Crippen molar-refractivity contribution in [2.75, 3.05) is 44.6 Å². The zero-order chi connectivity index (χ0) is 49.9. The lowest BCUT2D eigenvalue weighted by atomic mass is 10.1. The fourth-order valence-corrected chi connectivity index (χ4v) is 13.4. The number of carbonyl (C=O) groups excluding carboxylic acids is 1. The number of nitrogens with zero attached hydrogens (tertiary/aromatic N) is 7. The summed E-state index contributed by atoms with van der Waals surface area (Å²) in [6.07, 6.45) is -0.0565. The molecule has 3 saturated heterocycles. The third-order valence-corrected chi connectivity index (χ3v) is 26.8. The number of fused-ring (bicyclic) bond motifs is 4. The number of carbonyl (C=O) groups is 1. The Kier molecular flexibility index (Phi) is 15.5. The molecule has 4 aliphatic heterocycles. The maximum atomic E-state index is 14.9. The molecule has 0 aromatic carbocycles. The van der Waals surface area contributed by atoms with Crippen LogP contribution in [-0.4, -0.2) is 132 Å². The van der Waals surface area contributed by atoms with Gasteiger partial charge in [0.2, 0.25) is 5.91 Å². The van der Waals surface area contributed by atoms with Gasteiger partial charge in [-0.2, -0.15) is 0 Å². The minimum Gasteiger partial charge on any atom is -0.407 e. The van der Waals surface area contributed by atoms with Crippen LogP contribution < -0.4 is 16.4 Å². The molecule has 1 amide bonds. The number of nitrogens with two attached hydrogens (primary N) is 1. The van der Waals surface area contributed by atoms with Gasteiger partial charge in [-0.15, -0.1) is 0 Å². The van der Waals surface area contributed by atoms with E-state index in [2.05, 4.69) is 123 Å². The average molecular weight is 1070 g/mol. The van der Waals surface area contributed by atoms with E-state index in [1.807, 2.05) is 10.8 Å². The molecule has 0 saturated carbocycles. The third kappa shape index (κ3) is 11.3. The van der Waals surface area contributed by atoms with Gasteiger partial charge in [-0.25, -0.2) is 34.0 Å². The average Bonchev–Trinajstić information content (AvgIpc) is 3.99. The standard InChI is InChI=1S/C41H66N10O12P2S2Si2/c1-40(2,3)68(7,8)23-56-31-26-17-57-64(53,66)61-32-27(60-39(34(32)63-69(9,10)41(4,5)6)50-15-24-12-11-13-43-35-29(24)36(50)46-20-45-35)18-58-65(54,67)62-33(31)38(59-26)51-21-48-30-25(44-19-47-37(30)51)16-55-22-49-28(52)14-42/h15,19-21,26-27,31-34,38-39H,11-14,16-18,22-23,42H2,1-10H3,(H,49,52)(H,53,66)(H,54,67)(H,43,45,46)/t26-,27-,31-,32-,33-,34-,38-,39-,64?,65?/m1/s1. The molecule has 2 bridgehead atoms. The maximum absolute atomic E-state index is 14.9. The highest BCUT2D eigenvalue weighted by molar-refractivity contribution is 8.44. The number of anilines is 1. The van der Waals surface area contributed by atoms with Crippen LogP contribution in [0.2, 0.25) is 36.3 Å². The summed E-state index contributed by atoms with van der Waals surface area (Å²) in [4.78, 5) is 34.4. The molecule has 3 fully saturated rings. The Hall–Kier alpha value is -2.37. The molecule has 28 heteroatoms. The molecule has 2 unspecified atom stereocenters. The lowest BCUT2D eigenvalue weighted by Crippen LogP contribution is -2.49. The lowest BCUT2D eigenvalue weighted by Gasteiger charge is -2.41. The number of imidazole rings is 1. The van der Waals surface area contributed by atoms with E-state index in [-0.39, 0.29) is 42.5 Å². The normalized spacial score (nSPS) is 30.6. The highest BCUT2D eigenvalue weighted by Crippen LogP contribution is 2.61. The monoisotopic (exact) mass is 1070 g/mol. The lowest BCUT2D eigenvalue weighted by molar-refractivity contribution is -0.121. The van der Waals surface area contributed by atoms with Crippen molar-refractivity contribution in [1.82, 2.24) is 39.4 Å². The van der Waals surface area contributed by atoms with Gasteiger partial charge in [0, 0.05) is 19.0 Å². The number of hydrogen-bond acceptors (Lipinski definition) is 19. The van der Waals surface area contributed by atoms with E-state index >= 15 is 0 Å². The Balaban J connectivity index is 1.16. The molecule has 22 nitrogen and oxygen atoms in total. The minimum atomic E-state index is -4.39. The summed E-state index contributed by atoms with van der Waals surface area (Å²) >= 11 is 9.16. The Bertz CT molecular complexity index is 2620. The number of hydrogen-bond donors (Lipinski definition) is 5. The molecule has 382 valence electrons. The first-order chi connectivity index (χ1) is 32.3. The largest absolute Gasteiger partial charge is 0.407 e. The smallest absolute Gasteiger partial charge is 0.386 e. The van der Waals surface area contributed by atoms with Crippen LogP contribution in [0.1, 0.15) is 71.7 Å². The van der Waals surface area contributed by atoms with Gasteiger partial charge in [-0.05, 0) is 41.6 Å². The topological polar surface area (TPSA) is 259 Å². The zero-order valence-electron chi connectivity index (χ0n) is 40.7. The molecule has 0 aliphatic carbocycles. The highest BCUT2D eigenvalue weighted by atomic mass is 32.7. The van der Waals surface area contributed by atoms with Gasteiger partial charge in [0.15, 0.2) is 26.4 Å². The Morgan fingerprint density at radius 2 is 1.55 bits per heavy atom. The predicted molar refractivity (Wildman–Crippen MR) is 268 cm³/mol. The summed E-state index contributed by atoms with van der Waals surface area (Å²) in [6, 6.07) is 0. The van der Waals surface area contributed by atoms with Gasteiger partial charge in [-0.3, -0.25) is 27.5 Å². The number of amides is 1. The van der Waals surface area contributed by atoms with Gasteiger partial charge in [-0.1, -0.05) is 79.1 Å². The number of aryl methyl sites for hydroxylation is 1. The van der Waals surface area contributed by atoms with Gasteiger partial charge in [0.1, 0.15) is 73.0 Å². The van der Waals surface area contributed by atoms with E-state index in [0.29, 0.717) is 34.6 Å². The second-order valence-corrected chi connectivity index (χ2v) is 37.1. The van der Waals surface area contributed by atoms with Crippen LogP contribution in [0.25, 0.3) is 22.2 Å². The molecular formula is C41H66N10O12P2S2Si2. The van der Waals surface area contributed by atoms with E-state index in [9.17, 15) is 13.9 Å². The third-order valence-electron chi connectivity index (χ3n) is 14.2. The number of ether oxygens (including phenoxy) is 4. The van der Waals surface area contributed by atoms with Crippen LogP contribution in [0.5, 0.6) is 0 Å². The molecule has 4 aromatic heterocycles. The van der Waals surface area contributed by atoms with Crippen LogP contribution >= 0.6 is 38.1 Å². The summed E-state index contributed by atoms with van der Waals surface area (Å²) in [5.41, 5.74) is 8.13. The number of nitrogens with one attached hydrogen (secondary N) is 2. The molecule has 0 spiro atoms. The Morgan fingerprint density at radius 1 is 0.884 bits per heavy atom. The summed E-state index contributed by atoms with van der Waals surface area (Å²) < 4.78 is 91.9. The van der Waals surface area contributed by atoms with Gasteiger partial charge < -0.3 is 44.3 Å². The van der Waals surface area contributed by atoms with E-state index in [4.69, 9.17) is 52.2 Å². The van der Waals surface area contributed by atoms with Gasteiger partial charge >= 0.3 is 13.6 Å². The summed E-state index contributed by atoms with van der Waals surface area (Å²) in [5.74, 6) is 0.335. The number of thiol groups is 2. The summed E-state index contributed by atoms with van der Waals surface area (Å²) in [7, 11) is -4.82. The van der Waals surface area contributed by atoms with Crippen molar-refractivity contribution in [1.29, 1.82) is 0 Å². The zero-order valence-corrected chi connectivity index (χ0v) is 46.3. The fraction of sp³-hybridized carbons (Fsp3) is 0.707. The first-order valence-corrected chi connectivity index (χ1v) is 34.5. The molecular weight excluding hydrogens is 1010 g/mol. The van der Waals surface area contributed by atoms with Crippen LogP contribution in [0.4, 0.5) is 5.82 Å². The van der Waals surface area contributed by atoms with Crippen molar-refractivity contribution >= 4 is 88.4 Å². The molecule has 8 heterocycles.